The second kappa shape index (κ2) is 40.8. The Morgan fingerprint density at radius 1 is 0.431 bits per heavy atom. The van der Waals surface area contributed by atoms with Gasteiger partial charge in [0, 0.05) is 19.3 Å². The lowest BCUT2D eigenvalue weighted by atomic mass is 9.92. The molecule has 0 N–H and O–H groups in total. The van der Waals surface area contributed by atoms with E-state index in [1.54, 1.807) is 0 Å². The fourth-order valence-corrected chi connectivity index (χ4v) is 8.71. The second-order valence-corrected chi connectivity index (χ2v) is 18.1. The highest BCUT2D eigenvalue weighted by molar-refractivity contribution is 5.70. The number of hydrogen-bond acceptors (Lipinski definition) is 7. The molecular weight excluding hydrogens is 723 g/mol. The first-order valence-electron chi connectivity index (χ1n) is 25.6. The normalized spacial score (nSPS) is 13.8. The monoisotopic (exact) mass is 820 g/mol. The Labute approximate surface area is 360 Å². The lowest BCUT2D eigenvalue weighted by molar-refractivity contribution is -0.150. The number of unbranched alkanes of at least 4 members (excludes halogenated alkanes) is 18. The van der Waals surface area contributed by atoms with Gasteiger partial charge in [-0.1, -0.05) is 156 Å². The van der Waals surface area contributed by atoms with E-state index in [0.29, 0.717) is 44.3 Å². The molecule has 1 saturated heterocycles. The number of esters is 3. The lowest BCUT2D eigenvalue weighted by Crippen LogP contribution is -2.23. The van der Waals surface area contributed by atoms with Crippen LogP contribution >= 0.6 is 0 Å². The summed E-state index contributed by atoms with van der Waals surface area (Å²) in [5, 5.41) is 0. The fourth-order valence-electron chi connectivity index (χ4n) is 8.71. The lowest BCUT2D eigenvalue weighted by Gasteiger charge is -2.19. The van der Waals surface area contributed by atoms with Crippen LogP contribution in [0.5, 0.6) is 0 Å². The van der Waals surface area contributed by atoms with E-state index in [4.69, 9.17) is 14.2 Å². The van der Waals surface area contributed by atoms with Gasteiger partial charge in [-0.3, -0.25) is 14.4 Å². The van der Waals surface area contributed by atoms with Crippen molar-refractivity contribution in [2.24, 2.45) is 11.8 Å². The molecular formula is C51H97NO6. The minimum atomic E-state index is -0.0202. The summed E-state index contributed by atoms with van der Waals surface area (Å²) in [6, 6.07) is 0. The highest BCUT2D eigenvalue weighted by Crippen LogP contribution is 2.24. The van der Waals surface area contributed by atoms with Gasteiger partial charge in [0.15, 0.2) is 0 Å². The Kier molecular flexibility index (Phi) is 38.2. The molecule has 7 heteroatoms. The summed E-state index contributed by atoms with van der Waals surface area (Å²) in [6.07, 6.45) is 39.8. The van der Waals surface area contributed by atoms with Crippen molar-refractivity contribution in [2.75, 3.05) is 32.8 Å². The van der Waals surface area contributed by atoms with Crippen LogP contribution in [-0.2, 0) is 28.6 Å². The van der Waals surface area contributed by atoms with Crippen LogP contribution < -0.4 is 0 Å². The molecule has 1 unspecified atom stereocenters. The zero-order valence-corrected chi connectivity index (χ0v) is 39.1. The predicted molar refractivity (Wildman–Crippen MR) is 244 cm³/mol. The molecule has 1 aliphatic heterocycles. The summed E-state index contributed by atoms with van der Waals surface area (Å²) in [5.41, 5.74) is 0. The van der Waals surface area contributed by atoms with Crippen LogP contribution in [0.3, 0.4) is 0 Å². The largest absolute Gasteiger partial charge is 0.466 e. The smallest absolute Gasteiger partial charge is 0.306 e. The first-order chi connectivity index (χ1) is 28.4. The van der Waals surface area contributed by atoms with Gasteiger partial charge in [0.1, 0.15) is 6.10 Å². The molecule has 0 aliphatic carbocycles. The van der Waals surface area contributed by atoms with Gasteiger partial charge < -0.3 is 19.1 Å². The van der Waals surface area contributed by atoms with E-state index in [0.717, 1.165) is 103 Å². The summed E-state index contributed by atoms with van der Waals surface area (Å²) >= 11 is 0. The fraction of sp³-hybridized carbons (Fsp3) is 0.941. The SMILES string of the molecule is CCCCCC(CCCCC)CC(=O)OCCCCCCCCCC(CCCCCCCOC(=O)CC(CCCCC)CCCCC)OC(=O)CCCN1CCCC1. The minimum Gasteiger partial charge on any atom is -0.466 e. The summed E-state index contributed by atoms with van der Waals surface area (Å²) < 4.78 is 17.4. The number of carbonyl (C=O) groups excluding carboxylic acids is 3. The maximum absolute atomic E-state index is 12.8. The Morgan fingerprint density at radius 2 is 0.793 bits per heavy atom. The Balaban J connectivity index is 2.28. The Morgan fingerprint density at radius 3 is 1.19 bits per heavy atom. The van der Waals surface area contributed by atoms with Gasteiger partial charge in [-0.2, -0.15) is 0 Å². The van der Waals surface area contributed by atoms with E-state index in [2.05, 4.69) is 32.6 Å². The van der Waals surface area contributed by atoms with Crippen LogP contribution in [0.15, 0.2) is 0 Å². The summed E-state index contributed by atoms with van der Waals surface area (Å²) in [5.74, 6) is 0.955. The van der Waals surface area contributed by atoms with Crippen molar-refractivity contribution in [3.8, 4) is 0 Å². The van der Waals surface area contributed by atoms with Gasteiger partial charge >= 0.3 is 17.9 Å². The Bertz CT molecular complexity index is 916. The third kappa shape index (κ3) is 34.1. The van der Waals surface area contributed by atoms with Gasteiger partial charge in [-0.05, 0) is 115 Å². The van der Waals surface area contributed by atoms with E-state index < -0.39 is 0 Å². The van der Waals surface area contributed by atoms with Crippen molar-refractivity contribution in [3.63, 3.8) is 0 Å². The standard InChI is InChI=1S/C51H97NO6/c1-5-9-21-32-46(33-22-10-6-2)44-50(54)56-42-29-19-15-13-14-17-25-36-48(58-49(53)38-31-41-52-39-27-28-40-52)37-26-18-16-20-30-43-57-51(55)45-47(34-23-11-7-3)35-24-12-8-4/h46-48H,5-45H2,1-4H3. The van der Waals surface area contributed by atoms with E-state index in [1.165, 1.54) is 129 Å². The van der Waals surface area contributed by atoms with Crippen LogP contribution in [0.1, 0.15) is 259 Å². The molecule has 1 rings (SSSR count). The van der Waals surface area contributed by atoms with E-state index in [9.17, 15) is 14.4 Å². The molecule has 0 saturated carbocycles. The maximum atomic E-state index is 12.8. The molecule has 0 aromatic heterocycles. The summed E-state index contributed by atoms with van der Waals surface area (Å²) in [6.45, 7) is 13.4. The van der Waals surface area contributed by atoms with Crippen LogP contribution in [0, 0.1) is 11.8 Å². The van der Waals surface area contributed by atoms with Gasteiger partial charge in [0.25, 0.3) is 0 Å². The van der Waals surface area contributed by atoms with Gasteiger partial charge in [-0.15, -0.1) is 0 Å². The van der Waals surface area contributed by atoms with Crippen molar-refractivity contribution in [1.29, 1.82) is 0 Å². The number of carbonyl (C=O) groups is 3. The summed E-state index contributed by atoms with van der Waals surface area (Å²) in [7, 11) is 0. The van der Waals surface area contributed by atoms with Crippen molar-refractivity contribution >= 4 is 17.9 Å². The van der Waals surface area contributed by atoms with E-state index >= 15 is 0 Å². The zero-order chi connectivity index (χ0) is 42.2. The van der Waals surface area contributed by atoms with E-state index in [1.807, 2.05) is 0 Å². The highest BCUT2D eigenvalue weighted by atomic mass is 16.5. The molecule has 1 atom stereocenters. The topological polar surface area (TPSA) is 82.1 Å². The van der Waals surface area contributed by atoms with Crippen molar-refractivity contribution in [3.05, 3.63) is 0 Å². The quantitative estimate of drug-likeness (QED) is 0.0344. The average molecular weight is 820 g/mol. The molecule has 0 amide bonds. The first-order valence-corrected chi connectivity index (χ1v) is 25.6. The van der Waals surface area contributed by atoms with Crippen LogP contribution in [0.4, 0.5) is 0 Å². The molecule has 0 radical (unpaired) electrons. The number of hydrogen-bond donors (Lipinski definition) is 0. The van der Waals surface area contributed by atoms with Crippen molar-refractivity contribution < 1.29 is 28.6 Å². The molecule has 7 nitrogen and oxygen atoms in total. The molecule has 58 heavy (non-hydrogen) atoms. The number of nitrogens with zero attached hydrogens (tertiary/aromatic N) is 1. The molecule has 1 aliphatic rings. The van der Waals surface area contributed by atoms with Gasteiger partial charge in [-0.25, -0.2) is 0 Å². The zero-order valence-electron chi connectivity index (χ0n) is 39.1. The Hall–Kier alpha value is -1.63. The summed E-state index contributed by atoms with van der Waals surface area (Å²) in [4.78, 5) is 40.4. The van der Waals surface area contributed by atoms with Crippen LogP contribution in [0.2, 0.25) is 0 Å². The second-order valence-electron chi connectivity index (χ2n) is 18.1. The molecule has 0 spiro atoms. The number of ether oxygens (including phenoxy) is 3. The maximum Gasteiger partial charge on any atom is 0.306 e. The molecule has 0 aromatic rings. The molecule has 1 fully saturated rings. The first kappa shape index (κ1) is 54.4. The average Bonchev–Trinajstić information content (AvgIpc) is 3.73. The van der Waals surface area contributed by atoms with Crippen molar-refractivity contribution in [1.82, 2.24) is 4.90 Å². The van der Waals surface area contributed by atoms with Crippen LogP contribution in [-0.4, -0.2) is 61.8 Å². The van der Waals surface area contributed by atoms with Gasteiger partial charge in [0.2, 0.25) is 0 Å². The third-order valence-electron chi connectivity index (χ3n) is 12.5. The van der Waals surface area contributed by atoms with E-state index in [-0.39, 0.29) is 24.0 Å². The predicted octanol–water partition coefficient (Wildman–Crippen LogP) is 14.7. The van der Waals surface area contributed by atoms with Crippen LogP contribution in [0.25, 0.3) is 0 Å². The molecule has 1 heterocycles. The minimum absolute atomic E-state index is 0.00421. The molecule has 0 bridgehead atoms. The number of rotatable bonds is 43. The molecule has 0 aromatic carbocycles. The highest BCUT2D eigenvalue weighted by Gasteiger charge is 2.18. The van der Waals surface area contributed by atoms with Gasteiger partial charge in [0.05, 0.1) is 13.2 Å². The van der Waals surface area contributed by atoms with Crippen molar-refractivity contribution in [2.45, 2.75) is 265 Å². The third-order valence-corrected chi connectivity index (χ3v) is 12.5. The molecule has 342 valence electrons. The number of likely N-dealkylation sites (tertiary alicyclic amines) is 1.